The van der Waals surface area contributed by atoms with Gasteiger partial charge >= 0.3 is 11.9 Å². The number of amides is 6. The number of carbonyl (C=O) groups is 9. The first-order valence-corrected chi connectivity index (χ1v) is 30.3. The Labute approximate surface area is 531 Å². The minimum atomic E-state index is -1.54. The number of hydrogen-bond acceptors (Lipinski definition) is 16. The highest BCUT2D eigenvalue weighted by molar-refractivity contribution is 6.38. The molecule has 22 nitrogen and oxygen atoms in total. The number of nitrogens with zero attached hydrogens (tertiary/aromatic N) is 5. The summed E-state index contributed by atoms with van der Waals surface area (Å²) in [5, 5.41) is 15.8. The summed E-state index contributed by atoms with van der Waals surface area (Å²) in [6, 6.07) is 31.7. The first kappa shape index (κ1) is 68.9. The molecule has 0 spiro atoms. The molecule has 6 amide bonds. The lowest BCUT2D eigenvalue weighted by molar-refractivity contribution is -0.166. The monoisotopic (exact) mass is 1250 g/mol. The van der Waals surface area contributed by atoms with Crippen LogP contribution in [-0.4, -0.2) is 195 Å². The number of aryl methyl sites for hydroxylation is 2. The average molecular weight is 1250 g/mol. The first-order valence-electron chi connectivity index (χ1n) is 30.3. The van der Waals surface area contributed by atoms with Crippen molar-refractivity contribution in [3.8, 4) is 23.0 Å². The quantitative estimate of drug-likeness (QED) is 0.109. The van der Waals surface area contributed by atoms with Gasteiger partial charge < -0.3 is 63.9 Å². The summed E-state index contributed by atoms with van der Waals surface area (Å²) in [5.41, 5.74) is 1.93. The van der Waals surface area contributed by atoms with Crippen molar-refractivity contribution in [2.45, 2.75) is 89.1 Å². The van der Waals surface area contributed by atoms with E-state index in [0.717, 1.165) is 27.7 Å². The summed E-state index contributed by atoms with van der Waals surface area (Å²) in [7, 11) is 9.23. The Bertz CT molecular complexity index is 3380. The molecule has 0 unspecified atom stereocenters. The van der Waals surface area contributed by atoms with Gasteiger partial charge in [-0.1, -0.05) is 97.1 Å². The maximum atomic E-state index is 14.9. The van der Waals surface area contributed by atoms with Crippen LogP contribution in [0.15, 0.2) is 140 Å². The maximum Gasteiger partial charge on any atom is 0.330 e. The molecule has 484 valence electrons. The van der Waals surface area contributed by atoms with Gasteiger partial charge in [0.05, 0.1) is 26.2 Å². The topological polar surface area (TPSA) is 260 Å². The number of carbonyl (C=O) groups excluding carboxylic acids is 9. The number of aromatic hydroxyl groups is 1. The number of ketones is 1. The van der Waals surface area contributed by atoms with E-state index < -0.39 is 109 Å². The normalized spacial score (nSPS) is 21.5. The minimum absolute atomic E-state index is 0.000932. The van der Waals surface area contributed by atoms with E-state index >= 15 is 0 Å². The second-order valence-electron chi connectivity index (χ2n) is 23.5. The summed E-state index contributed by atoms with van der Waals surface area (Å²) >= 11 is 0. The molecule has 5 aromatic rings. The minimum Gasteiger partial charge on any atom is -0.508 e. The standard InChI is InChI=1S/C69H83N7O15/c1-69(2)45-90-62(80)24-15-16-35-73(4)65(83)53(38-47-18-11-9-12-19-47)70-60(78)43-74(5)66(84)54(39-48-20-13-10-14-21-48)71-64(82)55(32-27-46-25-30-51(77)31-26-46)75(6)61(79)44-89-52-23-17-22-50(41-52)57(33-28-49-29-34-58(87-7)59(40-49)88-8)91-68(86)56-42-72(3)36-37-76(56)67(85)63(69)81/h9-15,17-26,29-31,34,40-41,53-57,77H,16,27-28,32-33,35-39,42-45H2,1-8H3,(H,70,78)(H,71,82)/b24-15+/t53-,54-,55+,56+,57-/m1/s1. The van der Waals surface area contributed by atoms with Gasteiger partial charge in [-0.2, -0.15) is 0 Å². The number of phenols is 1. The van der Waals surface area contributed by atoms with E-state index in [1.54, 1.807) is 99.0 Å². The molecule has 5 aromatic carbocycles. The van der Waals surface area contributed by atoms with Crippen LogP contribution in [0.3, 0.4) is 0 Å². The predicted octanol–water partition coefficient (Wildman–Crippen LogP) is 5.08. The molecule has 3 N–H and O–H groups in total. The van der Waals surface area contributed by atoms with Gasteiger partial charge in [0.2, 0.25) is 29.4 Å². The molecule has 22 heteroatoms. The number of methoxy groups -OCH3 is 2. The molecule has 0 radical (unpaired) electrons. The van der Waals surface area contributed by atoms with Gasteiger partial charge in [-0.3, -0.25) is 33.6 Å². The fourth-order valence-electron chi connectivity index (χ4n) is 10.7. The SMILES string of the molecule is COc1ccc(CC[C@H]2OC(=O)[C@@H]3CN(C)CCN3C(=O)C(=O)C(C)(C)COC(=O)/C=C/CCN(C)C(=O)[C@@H](Cc3ccccc3)NC(=O)CN(C)C(=O)[C@@H](Cc3ccccc3)NC(=O)[C@H](CCc3ccc(O)cc3)N(C)C(=O)COc3cccc2c3)cc1OC. The molecule has 2 heterocycles. The molecule has 2 aliphatic heterocycles. The van der Waals surface area contributed by atoms with Gasteiger partial charge in [0.25, 0.3) is 11.8 Å². The van der Waals surface area contributed by atoms with Crippen molar-refractivity contribution in [3.63, 3.8) is 0 Å². The van der Waals surface area contributed by atoms with Gasteiger partial charge in [0.15, 0.2) is 18.1 Å². The first-order chi connectivity index (χ1) is 43.5. The third-order valence-electron chi connectivity index (χ3n) is 16.1. The van der Waals surface area contributed by atoms with Crippen LogP contribution in [0.1, 0.15) is 67.0 Å². The lowest BCUT2D eigenvalue weighted by Gasteiger charge is -2.39. The maximum absolute atomic E-state index is 14.9. The molecular formula is C69H83N7O15. The number of Topliss-reactive ketones (excluding diaryl/α,β-unsaturated/α-hetero) is 1. The number of piperazine rings is 1. The second kappa shape index (κ2) is 32.8. The Hall–Kier alpha value is -9.57. The fourth-order valence-corrected chi connectivity index (χ4v) is 10.7. The molecule has 1 fully saturated rings. The zero-order chi connectivity index (χ0) is 65.8. The van der Waals surface area contributed by atoms with Crippen molar-refractivity contribution < 1.29 is 71.9 Å². The van der Waals surface area contributed by atoms with Crippen LogP contribution >= 0.6 is 0 Å². The number of cyclic esters (lactones) is 2. The smallest absolute Gasteiger partial charge is 0.330 e. The van der Waals surface area contributed by atoms with Crippen molar-refractivity contribution in [3.05, 3.63) is 167 Å². The van der Waals surface area contributed by atoms with Crippen LogP contribution in [0.25, 0.3) is 0 Å². The lowest BCUT2D eigenvalue weighted by Crippen LogP contribution is -2.60. The van der Waals surface area contributed by atoms with Crippen molar-refractivity contribution in [2.75, 3.05) is 88.3 Å². The van der Waals surface area contributed by atoms with E-state index in [9.17, 15) is 48.3 Å². The Kier molecular flexibility index (Phi) is 24.8. The summed E-state index contributed by atoms with van der Waals surface area (Å²) < 4.78 is 29.1. The number of rotatable bonds is 12. The third kappa shape index (κ3) is 19.7. The van der Waals surface area contributed by atoms with Crippen LogP contribution in [0.5, 0.6) is 23.0 Å². The predicted molar refractivity (Wildman–Crippen MR) is 338 cm³/mol. The van der Waals surface area contributed by atoms with Gasteiger partial charge in [-0.15, -0.1) is 0 Å². The van der Waals surface area contributed by atoms with E-state index in [1.165, 1.54) is 75.1 Å². The number of benzene rings is 5. The number of phenolic OH excluding ortho intramolecular Hbond substituents is 1. The molecular weight excluding hydrogens is 1170 g/mol. The Balaban J connectivity index is 1.22. The lowest BCUT2D eigenvalue weighted by atomic mass is 9.87. The number of likely N-dealkylation sites (N-methyl/N-ethyl adjacent to an activating group) is 4. The van der Waals surface area contributed by atoms with Gasteiger partial charge in [-0.25, -0.2) is 9.59 Å². The zero-order valence-electron chi connectivity index (χ0n) is 53.0. The molecule has 2 bridgehead atoms. The highest BCUT2D eigenvalue weighted by Gasteiger charge is 2.44. The number of nitrogens with one attached hydrogen (secondary N) is 2. The van der Waals surface area contributed by atoms with Gasteiger partial charge in [0, 0.05) is 66.2 Å². The van der Waals surface area contributed by atoms with Crippen molar-refractivity contribution in [1.82, 2.24) is 35.1 Å². The number of ether oxygens (including phenoxy) is 5. The Morgan fingerprint density at radius 3 is 1.92 bits per heavy atom. The van der Waals surface area contributed by atoms with Crippen LogP contribution in [-0.2, 0) is 78.3 Å². The third-order valence-corrected chi connectivity index (χ3v) is 16.1. The molecule has 7 rings (SSSR count). The summed E-state index contributed by atoms with van der Waals surface area (Å²) in [5.74, 6) is -5.27. The Morgan fingerprint density at radius 1 is 0.637 bits per heavy atom. The summed E-state index contributed by atoms with van der Waals surface area (Å²) in [4.78, 5) is 135. The zero-order valence-corrected chi connectivity index (χ0v) is 53.0. The van der Waals surface area contributed by atoms with Crippen LogP contribution < -0.4 is 24.8 Å². The average Bonchev–Trinajstić information content (AvgIpc) is 1.03. The van der Waals surface area contributed by atoms with E-state index in [4.69, 9.17) is 23.7 Å². The van der Waals surface area contributed by atoms with Crippen molar-refractivity contribution in [1.29, 1.82) is 0 Å². The van der Waals surface area contributed by atoms with E-state index in [1.807, 2.05) is 35.2 Å². The number of fused-ring (bicyclic) bond motifs is 3. The van der Waals surface area contributed by atoms with Crippen LogP contribution in [0.2, 0.25) is 0 Å². The summed E-state index contributed by atoms with van der Waals surface area (Å²) in [6.45, 7) is 1.83. The molecule has 0 aromatic heterocycles. The van der Waals surface area contributed by atoms with E-state index in [2.05, 4.69) is 10.6 Å². The second-order valence-corrected chi connectivity index (χ2v) is 23.5. The highest BCUT2D eigenvalue weighted by Crippen LogP contribution is 2.32. The molecule has 0 saturated carbocycles. The Morgan fingerprint density at radius 2 is 1.26 bits per heavy atom. The van der Waals surface area contributed by atoms with Gasteiger partial charge in [-0.05, 0) is 117 Å². The van der Waals surface area contributed by atoms with Crippen LogP contribution in [0.4, 0.5) is 0 Å². The largest absolute Gasteiger partial charge is 0.508 e. The van der Waals surface area contributed by atoms with E-state index in [0.29, 0.717) is 35.6 Å². The molecule has 91 heavy (non-hydrogen) atoms. The van der Waals surface area contributed by atoms with E-state index in [-0.39, 0.29) is 69.7 Å². The molecule has 1 saturated heterocycles. The van der Waals surface area contributed by atoms with Crippen molar-refractivity contribution in [2.24, 2.45) is 5.41 Å². The van der Waals surface area contributed by atoms with Crippen LogP contribution in [0, 0.1) is 5.41 Å². The summed E-state index contributed by atoms with van der Waals surface area (Å²) in [6.07, 6.45) is 2.81. The molecule has 0 aliphatic carbocycles. The number of esters is 2. The molecule has 2 aliphatic rings. The fraction of sp³-hybridized carbons (Fsp3) is 0.406. The van der Waals surface area contributed by atoms with Crippen molar-refractivity contribution >= 4 is 53.2 Å². The number of hydrogen-bond donors (Lipinski definition) is 3. The molecule has 5 atom stereocenters. The van der Waals surface area contributed by atoms with Gasteiger partial charge in [0.1, 0.15) is 48.4 Å². The highest BCUT2D eigenvalue weighted by atomic mass is 16.5.